The molecule has 0 spiro atoms. The van der Waals surface area contributed by atoms with Crippen molar-refractivity contribution in [3.63, 3.8) is 0 Å². The Hall–Kier alpha value is -3.29. The molecule has 34 heavy (non-hydrogen) atoms. The number of ether oxygens (including phenoxy) is 1. The first-order valence-electron chi connectivity index (χ1n) is 10.8. The Morgan fingerprint density at radius 1 is 1.00 bits per heavy atom. The van der Waals surface area contributed by atoms with Crippen LogP contribution in [0, 0.1) is 0 Å². The molecule has 0 N–H and O–H groups in total. The fourth-order valence-corrected chi connectivity index (χ4v) is 4.51. The third-order valence-electron chi connectivity index (χ3n) is 5.49. The minimum absolute atomic E-state index is 0.0119. The normalized spacial score (nSPS) is 11.7. The minimum Gasteiger partial charge on any atom is -0.484 e. The number of halogens is 1. The van der Waals surface area contributed by atoms with Crippen LogP contribution < -0.4 is 4.74 Å². The molecular formula is C26H25ClN4O2S. The second-order valence-corrected chi connectivity index (χ2v) is 9.02. The lowest BCUT2D eigenvalue weighted by molar-refractivity contribution is -0.128. The maximum atomic E-state index is 12.9. The summed E-state index contributed by atoms with van der Waals surface area (Å²) in [6.45, 7) is 2.21. The SMILES string of the molecule is CC(c1ccccc1)N(C)C(=O)CSc1nnc(COc2ccccc2Cl)n1-c1ccccc1. The fraction of sp³-hybridized carbons (Fsp3) is 0.192. The van der Waals surface area contributed by atoms with Crippen molar-refractivity contribution in [3.05, 3.63) is 101 Å². The summed E-state index contributed by atoms with van der Waals surface area (Å²) >= 11 is 7.58. The molecule has 0 fully saturated rings. The average Bonchev–Trinajstić information content (AvgIpc) is 3.29. The van der Waals surface area contributed by atoms with Crippen molar-refractivity contribution in [2.24, 2.45) is 0 Å². The Bertz CT molecular complexity index is 1230. The van der Waals surface area contributed by atoms with Crippen LogP contribution >= 0.6 is 23.4 Å². The lowest BCUT2D eigenvalue weighted by atomic mass is 10.1. The molecule has 0 aliphatic heterocycles. The zero-order valence-electron chi connectivity index (χ0n) is 19.0. The van der Waals surface area contributed by atoms with Crippen LogP contribution in [-0.4, -0.2) is 38.4 Å². The van der Waals surface area contributed by atoms with E-state index in [1.807, 2.05) is 97.4 Å². The van der Waals surface area contributed by atoms with Gasteiger partial charge in [-0.2, -0.15) is 0 Å². The Balaban J connectivity index is 1.50. The van der Waals surface area contributed by atoms with E-state index in [1.165, 1.54) is 11.8 Å². The minimum atomic E-state index is -0.0270. The summed E-state index contributed by atoms with van der Waals surface area (Å²) in [5.41, 5.74) is 1.99. The van der Waals surface area contributed by atoms with Gasteiger partial charge in [-0.15, -0.1) is 10.2 Å². The second-order valence-electron chi connectivity index (χ2n) is 7.67. The highest BCUT2D eigenvalue weighted by Gasteiger charge is 2.20. The number of aromatic nitrogens is 3. The molecule has 1 unspecified atom stereocenters. The van der Waals surface area contributed by atoms with Crippen LogP contribution in [0.15, 0.2) is 90.1 Å². The molecule has 1 heterocycles. The first-order valence-corrected chi connectivity index (χ1v) is 12.2. The lowest BCUT2D eigenvalue weighted by Gasteiger charge is -2.25. The standard InChI is InChI=1S/C26H25ClN4O2S/c1-19(20-11-5-3-6-12-20)30(2)25(32)18-34-26-29-28-24(31(26)21-13-7-4-8-14-21)17-33-23-16-10-9-15-22(23)27/h3-16,19H,17-18H2,1-2H3. The molecule has 1 aromatic heterocycles. The van der Waals surface area contributed by atoms with E-state index >= 15 is 0 Å². The molecule has 6 nitrogen and oxygen atoms in total. The van der Waals surface area contributed by atoms with Gasteiger partial charge in [-0.05, 0) is 36.8 Å². The molecular weight excluding hydrogens is 468 g/mol. The molecule has 0 bridgehead atoms. The number of carbonyl (C=O) groups excluding carboxylic acids is 1. The van der Waals surface area contributed by atoms with Crippen LogP contribution in [0.2, 0.25) is 5.02 Å². The van der Waals surface area contributed by atoms with Gasteiger partial charge in [0.2, 0.25) is 5.91 Å². The Kier molecular flexibility index (Phi) is 7.87. The molecule has 3 aromatic carbocycles. The number of nitrogens with zero attached hydrogens (tertiary/aromatic N) is 4. The Labute approximate surface area is 208 Å². The molecule has 1 atom stereocenters. The van der Waals surface area contributed by atoms with Gasteiger partial charge in [0.05, 0.1) is 16.8 Å². The molecule has 1 amide bonds. The van der Waals surface area contributed by atoms with E-state index in [9.17, 15) is 4.79 Å². The van der Waals surface area contributed by atoms with Gasteiger partial charge in [0.25, 0.3) is 0 Å². The topological polar surface area (TPSA) is 60.3 Å². The fourth-order valence-electron chi connectivity index (χ4n) is 3.43. The van der Waals surface area contributed by atoms with Crippen molar-refractivity contribution in [2.75, 3.05) is 12.8 Å². The number of hydrogen-bond acceptors (Lipinski definition) is 5. The molecule has 0 saturated carbocycles. The second kappa shape index (κ2) is 11.2. The Morgan fingerprint density at radius 3 is 2.35 bits per heavy atom. The van der Waals surface area contributed by atoms with Gasteiger partial charge >= 0.3 is 0 Å². The number of rotatable bonds is 9. The van der Waals surface area contributed by atoms with Crippen molar-refractivity contribution in [3.8, 4) is 11.4 Å². The molecule has 0 radical (unpaired) electrons. The van der Waals surface area contributed by atoms with Gasteiger partial charge in [-0.1, -0.05) is 84.0 Å². The van der Waals surface area contributed by atoms with Crippen LogP contribution in [0.1, 0.15) is 24.4 Å². The van der Waals surface area contributed by atoms with Gasteiger partial charge in [-0.25, -0.2) is 0 Å². The zero-order chi connectivity index (χ0) is 23.9. The molecule has 0 aliphatic rings. The molecule has 8 heteroatoms. The summed E-state index contributed by atoms with van der Waals surface area (Å²) in [4.78, 5) is 14.7. The Morgan fingerprint density at radius 2 is 1.65 bits per heavy atom. The first kappa shape index (κ1) is 23.9. The number of thioether (sulfide) groups is 1. The number of benzene rings is 3. The van der Waals surface area contributed by atoms with Crippen molar-refractivity contribution in [2.45, 2.75) is 24.7 Å². The molecule has 174 valence electrons. The first-order chi connectivity index (χ1) is 16.5. The number of hydrogen-bond donors (Lipinski definition) is 0. The van der Waals surface area contributed by atoms with Crippen LogP contribution in [-0.2, 0) is 11.4 Å². The summed E-state index contributed by atoms with van der Waals surface area (Å²) in [6, 6.07) is 27.0. The molecule has 0 aliphatic carbocycles. The van der Waals surface area contributed by atoms with Gasteiger partial charge in [0.15, 0.2) is 11.0 Å². The number of para-hydroxylation sites is 2. The van der Waals surface area contributed by atoms with Gasteiger partial charge in [0.1, 0.15) is 12.4 Å². The van der Waals surface area contributed by atoms with E-state index < -0.39 is 0 Å². The van der Waals surface area contributed by atoms with Gasteiger partial charge < -0.3 is 9.64 Å². The predicted octanol–water partition coefficient (Wildman–Crippen LogP) is 5.81. The van der Waals surface area contributed by atoms with E-state index in [0.29, 0.717) is 21.8 Å². The number of amides is 1. The summed E-state index contributed by atoms with van der Waals surface area (Å²) in [7, 11) is 1.82. The largest absolute Gasteiger partial charge is 0.484 e. The highest BCUT2D eigenvalue weighted by molar-refractivity contribution is 7.99. The smallest absolute Gasteiger partial charge is 0.233 e. The molecule has 4 rings (SSSR count). The van der Waals surface area contributed by atoms with Gasteiger partial charge in [0, 0.05) is 12.7 Å². The van der Waals surface area contributed by atoms with E-state index in [-0.39, 0.29) is 24.3 Å². The van der Waals surface area contributed by atoms with Crippen molar-refractivity contribution in [1.82, 2.24) is 19.7 Å². The van der Waals surface area contributed by atoms with Crippen molar-refractivity contribution in [1.29, 1.82) is 0 Å². The summed E-state index contributed by atoms with van der Waals surface area (Å²) in [5.74, 6) is 1.45. The average molecular weight is 493 g/mol. The highest BCUT2D eigenvalue weighted by atomic mass is 35.5. The van der Waals surface area contributed by atoms with Crippen LogP contribution in [0.5, 0.6) is 5.75 Å². The van der Waals surface area contributed by atoms with E-state index in [1.54, 1.807) is 11.0 Å². The molecule has 0 saturated heterocycles. The van der Waals surface area contributed by atoms with Crippen LogP contribution in [0.4, 0.5) is 0 Å². The van der Waals surface area contributed by atoms with E-state index in [0.717, 1.165) is 11.3 Å². The van der Waals surface area contributed by atoms with E-state index in [2.05, 4.69) is 10.2 Å². The third kappa shape index (κ3) is 5.61. The summed E-state index contributed by atoms with van der Waals surface area (Å²) < 4.78 is 7.82. The van der Waals surface area contributed by atoms with Crippen LogP contribution in [0.25, 0.3) is 5.69 Å². The quantitative estimate of drug-likeness (QED) is 0.276. The van der Waals surface area contributed by atoms with Crippen LogP contribution in [0.3, 0.4) is 0 Å². The van der Waals surface area contributed by atoms with Gasteiger partial charge in [-0.3, -0.25) is 9.36 Å². The maximum absolute atomic E-state index is 12.9. The van der Waals surface area contributed by atoms with Crippen molar-refractivity contribution >= 4 is 29.3 Å². The third-order valence-corrected chi connectivity index (χ3v) is 6.72. The zero-order valence-corrected chi connectivity index (χ0v) is 20.5. The summed E-state index contributed by atoms with van der Waals surface area (Å²) in [5, 5.41) is 9.85. The summed E-state index contributed by atoms with van der Waals surface area (Å²) in [6.07, 6.45) is 0. The lowest BCUT2D eigenvalue weighted by Crippen LogP contribution is -2.31. The highest BCUT2D eigenvalue weighted by Crippen LogP contribution is 2.27. The predicted molar refractivity (Wildman–Crippen MR) is 135 cm³/mol. The maximum Gasteiger partial charge on any atom is 0.233 e. The monoisotopic (exact) mass is 492 g/mol. The van der Waals surface area contributed by atoms with Crippen molar-refractivity contribution < 1.29 is 9.53 Å². The number of carbonyl (C=O) groups is 1. The van der Waals surface area contributed by atoms with E-state index in [4.69, 9.17) is 16.3 Å². The molecule has 4 aromatic rings.